The van der Waals surface area contributed by atoms with Crippen molar-refractivity contribution in [2.75, 3.05) is 5.32 Å². The van der Waals surface area contributed by atoms with E-state index in [-0.39, 0.29) is 5.91 Å². The van der Waals surface area contributed by atoms with Crippen molar-refractivity contribution in [1.82, 2.24) is 0 Å². The van der Waals surface area contributed by atoms with Gasteiger partial charge in [0, 0.05) is 5.69 Å². The maximum absolute atomic E-state index is 11.9. The zero-order valence-electron chi connectivity index (χ0n) is 9.53. The summed E-state index contributed by atoms with van der Waals surface area (Å²) in [6.07, 6.45) is 0. The SMILES string of the molecule is Cc1ccc(C#N)cc1NC(=O)c1ccc(Cl)s1. The fraction of sp³-hybridized carbons (Fsp3) is 0.0769. The van der Waals surface area contributed by atoms with E-state index in [1.54, 1.807) is 30.3 Å². The molecule has 90 valence electrons. The highest BCUT2D eigenvalue weighted by molar-refractivity contribution is 7.18. The van der Waals surface area contributed by atoms with Crippen molar-refractivity contribution in [2.24, 2.45) is 0 Å². The van der Waals surface area contributed by atoms with E-state index in [0.29, 0.717) is 20.5 Å². The predicted octanol–water partition coefficient (Wildman–Crippen LogP) is 3.83. The Balaban J connectivity index is 2.24. The summed E-state index contributed by atoms with van der Waals surface area (Å²) in [4.78, 5) is 12.5. The molecule has 1 aromatic carbocycles. The van der Waals surface area contributed by atoms with Gasteiger partial charge in [-0.25, -0.2) is 0 Å². The average Bonchev–Trinajstić information content (AvgIpc) is 2.79. The maximum atomic E-state index is 11.9. The van der Waals surface area contributed by atoms with Crippen LogP contribution in [0.1, 0.15) is 20.8 Å². The van der Waals surface area contributed by atoms with Gasteiger partial charge in [-0.15, -0.1) is 11.3 Å². The lowest BCUT2D eigenvalue weighted by atomic mass is 10.1. The first-order valence-corrected chi connectivity index (χ1v) is 6.37. The number of nitriles is 1. The lowest BCUT2D eigenvalue weighted by molar-refractivity contribution is 0.103. The Bertz CT molecular complexity index is 643. The summed E-state index contributed by atoms with van der Waals surface area (Å²) in [5, 5.41) is 11.6. The van der Waals surface area contributed by atoms with Crippen molar-refractivity contribution in [1.29, 1.82) is 5.26 Å². The Morgan fingerprint density at radius 3 is 2.78 bits per heavy atom. The Hall–Kier alpha value is -1.83. The number of carbonyl (C=O) groups excluding carboxylic acids is 1. The van der Waals surface area contributed by atoms with Crippen molar-refractivity contribution in [3.63, 3.8) is 0 Å². The fourth-order valence-corrected chi connectivity index (χ4v) is 2.38. The Kier molecular flexibility index (Phi) is 3.66. The second kappa shape index (κ2) is 5.21. The van der Waals surface area contributed by atoms with Gasteiger partial charge < -0.3 is 5.32 Å². The second-order valence-electron chi connectivity index (χ2n) is 3.70. The molecule has 0 spiro atoms. The molecule has 0 atom stereocenters. The molecule has 1 heterocycles. The molecule has 0 aliphatic rings. The van der Waals surface area contributed by atoms with Crippen molar-refractivity contribution in [2.45, 2.75) is 6.92 Å². The van der Waals surface area contributed by atoms with Crippen LogP contribution in [-0.2, 0) is 0 Å². The van der Waals surface area contributed by atoms with Crippen molar-refractivity contribution < 1.29 is 4.79 Å². The largest absolute Gasteiger partial charge is 0.321 e. The van der Waals surface area contributed by atoms with Gasteiger partial charge in [0.15, 0.2) is 0 Å². The lowest BCUT2D eigenvalue weighted by Crippen LogP contribution is -2.11. The molecular formula is C13H9ClN2OS. The zero-order valence-corrected chi connectivity index (χ0v) is 11.1. The van der Waals surface area contributed by atoms with Crippen molar-refractivity contribution in [3.05, 3.63) is 50.7 Å². The van der Waals surface area contributed by atoms with E-state index in [0.717, 1.165) is 5.56 Å². The van der Waals surface area contributed by atoms with Gasteiger partial charge in [0.05, 0.1) is 20.8 Å². The summed E-state index contributed by atoms with van der Waals surface area (Å²) < 4.78 is 0.572. The van der Waals surface area contributed by atoms with Gasteiger partial charge in [-0.2, -0.15) is 5.26 Å². The van der Waals surface area contributed by atoms with Crippen LogP contribution in [0.15, 0.2) is 30.3 Å². The molecule has 0 saturated heterocycles. The number of anilines is 1. The molecule has 5 heteroatoms. The van der Waals surface area contributed by atoms with E-state index >= 15 is 0 Å². The number of benzene rings is 1. The number of hydrogen-bond donors (Lipinski definition) is 1. The van der Waals surface area contributed by atoms with Crippen LogP contribution >= 0.6 is 22.9 Å². The van der Waals surface area contributed by atoms with Gasteiger partial charge in [0.2, 0.25) is 0 Å². The smallest absolute Gasteiger partial charge is 0.265 e. The highest BCUT2D eigenvalue weighted by Crippen LogP contribution is 2.23. The Labute approximate surface area is 114 Å². The molecule has 0 aliphatic carbocycles. The van der Waals surface area contributed by atoms with E-state index in [1.165, 1.54) is 11.3 Å². The first kappa shape index (κ1) is 12.6. The average molecular weight is 277 g/mol. The predicted molar refractivity (Wildman–Crippen MR) is 73.2 cm³/mol. The van der Waals surface area contributed by atoms with Gasteiger partial charge in [0.1, 0.15) is 0 Å². The lowest BCUT2D eigenvalue weighted by Gasteiger charge is -2.07. The standard InChI is InChI=1S/C13H9ClN2OS/c1-8-2-3-9(7-15)6-10(8)16-13(17)11-4-5-12(14)18-11/h2-6H,1H3,(H,16,17). The third-order valence-corrected chi connectivity index (χ3v) is 3.64. The van der Waals surface area contributed by atoms with Gasteiger partial charge in [-0.3, -0.25) is 4.79 Å². The number of carbonyl (C=O) groups is 1. The summed E-state index contributed by atoms with van der Waals surface area (Å²) in [6.45, 7) is 1.87. The summed E-state index contributed by atoms with van der Waals surface area (Å²) in [6, 6.07) is 10.6. The number of thiophene rings is 1. The molecule has 0 aliphatic heterocycles. The molecule has 0 saturated carbocycles. The Morgan fingerprint density at radius 2 is 2.17 bits per heavy atom. The summed E-state index contributed by atoms with van der Waals surface area (Å²) in [5.41, 5.74) is 2.06. The van der Waals surface area contributed by atoms with Crippen molar-refractivity contribution >= 4 is 34.5 Å². The zero-order chi connectivity index (χ0) is 13.1. The van der Waals surface area contributed by atoms with Crippen LogP contribution in [0, 0.1) is 18.3 Å². The quantitative estimate of drug-likeness (QED) is 0.906. The highest BCUT2D eigenvalue weighted by Gasteiger charge is 2.10. The maximum Gasteiger partial charge on any atom is 0.265 e. The van der Waals surface area contributed by atoms with Crippen LogP contribution in [0.2, 0.25) is 4.34 Å². The fourth-order valence-electron chi connectivity index (χ4n) is 1.45. The van der Waals surface area contributed by atoms with E-state index in [1.807, 2.05) is 13.0 Å². The van der Waals surface area contributed by atoms with Crippen LogP contribution in [-0.4, -0.2) is 5.91 Å². The van der Waals surface area contributed by atoms with Crippen LogP contribution in [0.5, 0.6) is 0 Å². The molecule has 0 unspecified atom stereocenters. The topological polar surface area (TPSA) is 52.9 Å². The third-order valence-electron chi connectivity index (χ3n) is 2.41. The van der Waals surface area contributed by atoms with Gasteiger partial charge in [-0.05, 0) is 36.8 Å². The number of nitrogens with zero attached hydrogens (tertiary/aromatic N) is 1. The number of amides is 1. The molecule has 1 amide bonds. The molecular weight excluding hydrogens is 268 g/mol. The molecule has 18 heavy (non-hydrogen) atoms. The van der Waals surface area contributed by atoms with E-state index in [2.05, 4.69) is 5.32 Å². The minimum Gasteiger partial charge on any atom is -0.321 e. The van der Waals surface area contributed by atoms with Crippen LogP contribution < -0.4 is 5.32 Å². The summed E-state index contributed by atoms with van der Waals surface area (Å²) >= 11 is 7.00. The van der Waals surface area contributed by atoms with Gasteiger partial charge in [-0.1, -0.05) is 17.7 Å². The van der Waals surface area contributed by atoms with E-state index < -0.39 is 0 Å². The number of nitrogens with one attached hydrogen (secondary N) is 1. The van der Waals surface area contributed by atoms with Crippen molar-refractivity contribution in [3.8, 4) is 6.07 Å². The molecule has 3 nitrogen and oxygen atoms in total. The molecule has 1 N–H and O–H groups in total. The number of hydrogen-bond acceptors (Lipinski definition) is 3. The summed E-state index contributed by atoms with van der Waals surface area (Å²) in [5.74, 6) is -0.218. The Morgan fingerprint density at radius 1 is 1.39 bits per heavy atom. The first-order valence-electron chi connectivity index (χ1n) is 5.17. The molecule has 2 rings (SSSR count). The second-order valence-corrected chi connectivity index (χ2v) is 5.41. The molecule has 2 aromatic rings. The van der Waals surface area contributed by atoms with Gasteiger partial charge >= 0.3 is 0 Å². The van der Waals surface area contributed by atoms with Crippen LogP contribution in [0.25, 0.3) is 0 Å². The minimum atomic E-state index is -0.218. The van der Waals surface area contributed by atoms with E-state index in [9.17, 15) is 4.79 Å². The molecule has 1 aromatic heterocycles. The summed E-state index contributed by atoms with van der Waals surface area (Å²) in [7, 11) is 0. The minimum absolute atomic E-state index is 0.218. The molecule has 0 bridgehead atoms. The van der Waals surface area contributed by atoms with Crippen LogP contribution in [0.4, 0.5) is 5.69 Å². The van der Waals surface area contributed by atoms with Crippen LogP contribution in [0.3, 0.4) is 0 Å². The molecule has 0 fully saturated rings. The highest BCUT2D eigenvalue weighted by atomic mass is 35.5. The number of halogens is 1. The third kappa shape index (κ3) is 2.70. The van der Waals surface area contributed by atoms with Gasteiger partial charge in [0.25, 0.3) is 5.91 Å². The normalized spacial score (nSPS) is 9.83. The monoisotopic (exact) mass is 276 g/mol. The first-order chi connectivity index (χ1) is 8.60. The number of rotatable bonds is 2. The molecule has 0 radical (unpaired) electrons. The number of aryl methyl sites for hydroxylation is 1. The van der Waals surface area contributed by atoms with E-state index in [4.69, 9.17) is 16.9 Å².